The number of pyridine rings is 1. The normalized spacial score (nSPS) is 15.7. The minimum absolute atomic E-state index is 0.170. The number of ether oxygens (including phenoxy) is 1. The third kappa shape index (κ3) is 5.48. The molecule has 1 unspecified atom stereocenters. The van der Waals surface area contributed by atoms with Gasteiger partial charge in [0.15, 0.2) is 11.2 Å². The Labute approximate surface area is 232 Å². The molecule has 3 aromatic heterocycles. The molecule has 1 amide bonds. The zero-order chi connectivity index (χ0) is 29.3. The van der Waals surface area contributed by atoms with E-state index in [2.05, 4.69) is 9.97 Å². The molecule has 1 aliphatic rings. The summed E-state index contributed by atoms with van der Waals surface area (Å²) >= 11 is 0. The first-order valence-corrected chi connectivity index (χ1v) is 13.4. The molecular formula is C28H29F3N6O4. The van der Waals surface area contributed by atoms with E-state index < -0.39 is 17.3 Å². The summed E-state index contributed by atoms with van der Waals surface area (Å²) in [6.07, 6.45) is 0.111. The number of rotatable bonds is 9. The predicted molar refractivity (Wildman–Crippen MR) is 145 cm³/mol. The number of aryl methyl sites for hydroxylation is 1. The fourth-order valence-corrected chi connectivity index (χ4v) is 5.00. The van der Waals surface area contributed by atoms with Crippen molar-refractivity contribution in [3.63, 3.8) is 0 Å². The molecule has 1 aromatic carbocycles. The van der Waals surface area contributed by atoms with E-state index in [-0.39, 0.29) is 36.1 Å². The molecule has 5 rings (SSSR count). The van der Waals surface area contributed by atoms with Crippen LogP contribution in [-0.2, 0) is 24.1 Å². The Bertz CT molecular complexity index is 1670. The summed E-state index contributed by atoms with van der Waals surface area (Å²) in [7, 11) is 0. The first kappa shape index (κ1) is 28.1. The van der Waals surface area contributed by atoms with Gasteiger partial charge in [-0.1, -0.05) is 13.8 Å². The van der Waals surface area contributed by atoms with Gasteiger partial charge in [-0.2, -0.15) is 13.2 Å². The second kappa shape index (κ2) is 11.2. The summed E-state index contributed by atoms with van der Waals surface area (Å²) in [6.45, 7) is 5.07. The first-order valence-electron chi connectivity index (χ1n) is 13.4. The Kier molecular flexibility index (Phi) is 7.70. The smallest absolute Gasteiger partial charge is 0.416 e. The Morgan fingerprint density at radius 3 is 2.24 bits per heavy atom. The maximum atomic E-state index is 13.2. The van der Waals surface area contributed by atoms with E-state index in [4.69, 9.17) is 4.74 Å². The molecule has 1 saturated heterocycles. The van der Waals surface area contributed by atoms with Crippen LogP contribution in [0.15, 0.2) is 58.5 Å². The highest BCUT2D eigenvalue weighted by Crippen LogP contribution is 2.32. The van der Waals surface area contributed by atoms with Crippen molar-refractivity contribution in [1.82, 2.24) is 23.7 Å². The van der Waals surface area contributed by atoms with E-state index in [0.29, 0.717) is 55.4 Å². The molecule has 4 heterocycles. The van der Waals surface area contributed by atoms with Crippen LogP contribution in [0.3, 0.4) is 0 Å². The number of alkyl halides is 3. The molecular weight excluding hydrogens is 541 g/mol. The number of nitrogens with zero attached hydrogens (tertiary/aromatic N) is 6. The highest BCUT2D eigenvalue weighted by atomic mass is 19.4. The summed E-state index contributed by atoms with van der Waals surface area (Å²) < 4.78 is 48.7. The van der Waals surface area contributed by atoms with Gasteiger partial charge < -0.3 is 9.64 Å². The SMILES string of the molecule is CCCn1c(=O)c2c(ncn2-c2ccc(OCC3CC(=O)N(c4ccc(C(F)(F)F)cc4)C3)nc2)n(CCC)c1=O. The molecule has 10 nitrogen and oxygen atoms in total. The van der Waals surface area contributed by atoms with Crippen molar-refractivity contribution in [2.75, 3.05) is 18.1 Å². The largest absolute Gasteiger partial charge is 0.477 e. The molecule has 1 fully saturated rings. The molecule has 0 N–H and O–H groups in total. The van der Waals surface area contributed by atoms with Crippen LogP contribution in [0.1, 0.15) is 38.7 Å². The summed E-state index contributed by atoms with van der Waals surface area (Å²) in [5.74, 6) is -0.0509. The Hall–Kier alpha value is -4.42. The number of halogens is 3. The van der Waals surface area contributed by atoms with Gasteiger partial charge in [0.1, 0.15) is 6.33 Å². The van der Waals surface area contributed by atoms with Gasteiger partial charge in [0.25, 0.3) is 5.56 Å². The van der Waals surface area contributed by atoms with Gasteiger partial charge in [0.2, 0.25) is 11.8 Å². The molecule has 13 heteroatoms. The number of anilines is 1. The van der Waals surface area contributed by atoms with Crippen LogP contribution >= 0.6 is 0 Å². The molecule has 4 aromatic rings. The van der Waals surface area contributed by atoms with Crippen molar-refractivity contribution in [3.8, 4) is 11.6 Å². The molecule has 0 saturated carbocycles. The van der Waals surface area contributed by atoms with Crippen LogP contribution in [0, 0.1) is 5.92 Å². The first-order chi connectivity index (χ1) is 19.6. The summed E-state index contributed by atoms with van der Waals surface area (Å²) in [5, 5.41) is 0. The minimum atomic E-state index is -4.44. The minimum Gasteiger partial charge on any atom is -0.477 e. The number of benzene rings is 1. The lowest BCUT2D eigenvalue weighted by atomic mass is 10.1. The summed E-state index contributed by atoms with van der Waals surface area (Å²) in [6, 6.07) is 7.87. The lowest BCUT2D eigenvalue weighted by Crippen LogP contribution is -2.40. The van der Waals surface area contributed by atoms with Gasteiger partial charge in [-0.15, -0.1) is 0 Å². The van der Waals surface area contributed by atoms with E-state index >= 15 is 0 Å². The zero-order valence-corrected chi connectivity index (χ0v) is 22.6. The van der Waals surface area contributed by atoms with E-state index in [0.717, 1.165) is 12.1 Å². The molecule has 0 aliphatic carbocycles. The number of carbonyl (C=O) groups excluding carboxylic acids is 1. The van der Waals surface area contributed by atoms with Crippen molar-refractivity contribution in [1.29, 1.82) is 0 Å². The third-order valence-electron chi connectivity index (χ3n) is 6.99. The molecule has 41 heavy (non-hydrogen) atoms. The van der Waals surface area contributed by atoms with E-state index in [1.165, 1.54) is 38.7 Å². The molecule has 0 spiro atoms. The fourth-order valence-electron chi connectivity index (χ4n) is 5.00. The highest BCUT2D eigenvalue weighted by molar-refractivity contribution is 5.95. The van der Waals surface area contributed by atoms with Crippen LogP contribution in [0.4, 0.5) is 18.9 Å². The molecule has 1 atom stereocenters. The maximum Gasteiger partial charge on any atom is 0.416 e. The van der Waals surface area contributed by atoms with Crippen LogP contribution in [0.2, 0.25) is 0 Å². The Morgan fingerprint density at radius 1 is 0.927 bits per heavy atom. The van der Waals surface area contributed by atoms with Crippen LogP contribution in [0.5, 0.6) is 5.88 Å². The fraction of sp³-hybridized carbons (Fsp3) is 0.393. The van der Waals surface area contributed by atoms with Crippen molar-refractivity contribution in [3.05, 3.63) is 75.3 Å². The van der Waals surface area contributed by atoms with Gasteiger partial charge in [-0.05, 0) is 43.2 Å². The van der Waals surface area contributed by atoms with E-state index in [1.807, 2.05) is 13.8 Å². The topological polar surface area (TPSA) is 104 Å². The Balaban J connectivity index is 1.30. The molecule has 216 valence electrons. The second-order valence-electron chi connectivity index (χ2n) is 9.96. The van der Waals surface area contributed by atoms with Crippen LogP contribution < -0.4 is 20.9 Å². The molecule has 1 aliphatic heterocycles. The lowest BCUT2D eigenvalue weighted by molar-refractivity contribution is -0.137. The van der Waals surface area contributed by atoms with Gasteiger partial charge in [0.05, 0.1) is 24.1 Å². The van der Waals surface area contributed by atoms with Crippen molar-refractivity contribution in [2.24, 2.45) is 5.92 Å². The number of fused-ring (bicyclic) bond motifs is 1. The summed E-state index contributed by atoms with van der Waals surface area (Å²) in [5.41, 5.74) is 0.0102. The highest BCUT2D eigenvalue weighted by Gasteiger charge is 2.33. The van der Waals surface area contributed by atoms with Crippen LogP contribution in [-0.4, -0.2) is 42.7 Å². The molecule has 0 radical (unpaired) electrons. The van der Waals surface area contributed by atoms with Gasteiger partial charge in [-0.3, -0.25) is 23.3 Å². The zero-order valence-electron chi connectivity index (χ0n) is 22.6. The number of hydrogen-bond donors (Lipinski definition) is 0. The number of amides is 1. The van der Waals surface area contributed by atoms with Crippen LogP contribution in [0.25, 0.3) is 16.9 Å². The monoisotopic (exact) mass is 570 g/mol. The lowest BCUT2D eigenvalue weighted by Gasteiger charge is -2.18. The van der Waals surface area contributed by atoms with E-state index in [1.54, 1.807) is 16.7 Å². The quantitative estimate of drug-likeness (QED) is 0.301. The van der Waals surface area contributed by atoms with Crippen molar-refractivity contribution in [2.45, 2.75) is 52.4 Å². The van der Waals surface area contributed by atoms with Crippen molar-refractivity contribution >= 4 is 22.8 Å². The predicted octanol–water partition coefficient (Wildman–Crippen LogP) is 4.01. The van der Waals surface area contributed by atoms with Crippen molar-refractivity contribution < 1.29 is 22.7 Å². The molecule has 0 bridgehead atoms. The number of hydrogen-bond acceptors (Lipinski definition) is 6. The van der Waals surface area contributed by atoms with Gasteiger partial charge >= 0.3 is 11.9 Å². The average Bonchev–Trinajstić information content (AvgIpc) is 3.56. The van der Waals surface area contributed by atoms with Gasteiger partial charge in [-0.25, -0.2) is 14.8 Å². The number of imidazole rings is 1. The number of aromatic nitrogens is 5. The van der Waals surface area contributed by atoms with E-state index in [9.17, 15) is 27.6 Å². The maximum absolute atomic E-state index is 13.2. The number of carbonyl (C=O) groups is 1. The third-order valence-corrected chi connectivity index (χ3v) is 6.99. The average molecular weight is 571 g/mol. The standard InChI is InChI=1S/C28H29F3N6O4/c1-3-11-34-25-24(26(39)35(12-4-2)27(34)40)37(17-33-25)21-9-10-22(32-14-21)41-16-18-13-23(38)36(15-18)20-7-5-19(6-8-20)28(29,30)31/h5-10,14,17-18H,3-4,11-13,15-16H2,1-2H3. The summed E-state index contributed by atoms with van der Waals surface area (Å²) in [4.78, 5) is 48.8. The van der Waals surface area contributed by atoms with Gasteiger partial charge in [0, 0.05) is 43.7 Å². The Morgan fingerprint density at radius 2 is 1.61 bits per heavy atom. The second-order valence-corrected chi connectivity index (χ2v) is 9.96.